The van der Waals surface area contributed by atoms with E-state index in [0.717, 1.165) is 22.8 Å². The molecule has 2 aromatic carbocycles. The van der Waals surface area contributed by atoms with Crippen molar-refractivity contribution in [2.45, 2.75) is 13.8 Å². The van der Waals surface area contributed by atoms with Crippen molar-refractivity contribution in [3.63, 3.8) is 0 Å². The number of benzene rings is 2. The first kappa shape index (κ1) is 16.1. The maximum Gasteiger partial charge on any atom is 0.301 e. The molecule has 0 amide bonds. The molecule has 0 aliphatic carbocycles. The van der Waals surface area contributed by atoms with E-state index < -0.39 is 15.5 Å². The van der Waals surface area contributed by atoms with Gasteiger partial charge in [-0.25, -0.2) is 0 Å². The lowest BCUT2D eigenvalue weighted by molar-refractivity contribution is -0.393. The number of hydrazone groups is 1. The summed E-state index contributed by atoms with van der Waals surface area (Å²) >= 11 is 0. The summed E-state index contributed by atoms with van der Waals surface area (Å²) in [6, 6.07) is 9.16. The molecule has 0 aliphatic rings. The fourth-order valence-electron chi connectivity index (χ4n) is 2.02. The molecular formula is C15H14N4O4. The Morgan fingerprint density at radius 1 is 1.04 bits per heavy atom. The predicted molar refractivity (Wildman–Crippen MR) is 86.9 cm³/mol. The number of nitrogens with one attached hydrogen (secondary N) is 1. The van der Waals surface area contributed by atoms with Crippen molar-refractivity contribution in [3.8, 4) is 0 Å². The summed E-state index contributed by atoms with van der Waals surface area (Å²) < 4.78 is 0. The van der Waals surface area contributed by atoms with Crippen LogP contribution in [0, 0.1) is 34.1 Å². The van der Waals surface area contributed by atoms with Crippen molar-refractivity contribution in [1.29, 1.82) is 0 Å². The lowest BCUT2D eigenvalue weighted by atomic mass is 10.1. The van der Waals surface area contributed by atoms with Gasteiger partial charge in [0.25, 0.3) is 5.69 Å². The van der Waals surface area contributed by atoms with E-state index in [-0.39, 0.29) is 11.4 Å². The van der Waals surface area contributed by atoms with Gasteiger partial charge < -0.3 is 0 Å². The fraction of sp³-hybridized carbons (Fsp3) is 0.133. The molecule has 8 heteroatoms. The Balaban J connectivity index is 2.24. The van der Waals surface area contributed by atoms with Crippen LogP contribution in [0.1, 0.15) is 16.7 Å². The zero-order chi connectivity index (χ0) is 17.0. The summed E-state index contributed by atoms with van der Waals surface area (Å²) in [5, 5.41) is 25.7. The van der Waals surface area contributed by atoms with Gasteiger partial charge in [-0.3, -0.25) is 25.7 Å². The number of non-ortho nitro benzene ring substituents is 1. The summed E-state index contributed by atoms with van der Waals surface area (Å²) in [6.45, 7) is 3.91. The Labute approximate surface area is 131 Å². The van der Waals surface area contributed by atoms with Crippen LogP contribution in [0.4, 0.5) is 17.1 Å². The summed E-state index contributed by atoms with van der Waals surface area (Å²) in [5.74, 6) is 0. The van der Waals surface area contributed by atoms with Gasteiger partial charge in [-0.1, -0.05) is 23.8 Å². The van der Waals surface area contributed by atoms with E-state index in [2.05, 4.69) is 10.5 Å². The SMILES string of the molecule is Cc1ccc(C=NNc2ccc([N+](=O)[O-])cc2[N+](=O)[O-])c(C)c1. The maximum atomic E-state index is 11.0. The van der Waals surface area contributed by atoms with Crippen LogP contribution < -0.4 is 5.43 Å². The van der Waals surface area contributed by atoms with Crippen molar-refractivity contribution in [3.05, 3.63) is 73.3 Å². The molecular weight excluding hydrogens is 300 g/mol. The van der Waals surface area contributed by atoms with E-state index in [4.69, 9.17) is 0 Å². The minimum atomic E-state index is -0.692. The van der Waals surface area contributed by atoms with Crippen molar-refractivity contribution < 1.29 is 9.85 Å². The van der Waals surface area contributed by atoms with Gasteiger partial charge in [0.15, 0.2) is 0 Å². The number of rotatable bonds is 5. The molecule has 0 spiro atoms. The van der Waals surface area contributed by atoms with Gasteiger partial charge in [-0.15, -0.1) is 0 Å². The summed E-state index contributed by atoms with van der Waals surface area (Å²) in [7, 11) is 0. The Morgan fingerprint density at radius 3 is 2.39 bits per heavy atom. The first-order valence-corrected chi connectivity index (χ1v) is 6.67. The highest BCUT2D eigenvalue weighted by atomic mass is 16.6. The van der Waals surface area contributed by atoms with E-state index >= 15 is 0 Å². The van der Waals surface area contributed by atoms with Crippen LogP contribution in [-0.2, 0) is 0 Å². The van der Waals surface area contributed by atoms with Crippen LogP contribution in [-0.4, -0.2) is 16.1 Å². The third kappa shape index (κ3) is 3.88. The molecule has 2 aromatic rings. The van der Waals surface area contributed by atoms with Gasteiger partial charge in [0, 0.05) is 6.07 Å². The van der Waals surface area contributed by atoms with Crippen LogP contribution in [0.5, 0.6) is 0 Å². The zero-order valence-corrected chi connectivity index (χ0v) is 12.5. The number of nitro groups is 2. The summed E-state index contributed by atoms with van der Waals surface area (Å²) in [5.41, 5.74) is 4.90. The van der Waals surface area contributed by atoms with Gasteiger partial charge in [0.2, 0.25) is 0 Å². The Kier molecular flexibility index (Phi) is 4.65. The molecule has 0 bridgehead atoms. The van der Waals surface area contributed by atoms with Gasteiger partial charge in [0.1, 0.15) is 5.69 Å². The second-order valence-electron chi connectivity index (χ2n) is 4.95. The number of nitrogens with zero attached hydrogens (tertiary/aromatic N) is 3. The molecule has 8 nitrogen and oxygen atoms in total. The summed E-state index contributed by atoms with van der Waals surface area (Å²) in [6.07, 6.45) is 1.54. The van der Waals surface area contributed by atoms with Gasteiger partial charge in [-0.05, 0) is 31.0 Å². The predicted octanol–water partition coefficient (Wildman–Crippen LogP) is 3.57. The lowest BCUT2D eigenvalue weighted by Crippen LogP contribution is -1.99. The van der Waals surface area contributed by atoms with Crippen LogP contribution in [0.2, 0.25) is 0 Å². The van der Waals surface area contributed by atoms with E-state index in [0.29, 0.717) is 0 Å². The number of anilines is 1. The maximum absolute atomic E-state index is 11.0. The van der Waals surface area contributed by atoms with Crippen LogP contribution in [0.3, 0.4) is 0 Å². The van der Waals surface area contributed by atoms with E-state index in [1.807, 2.05) is 32.0 Å². The molecule has 23 heavy (non-hydrogen) atoms. The smallest absolute Gasteiger partial charge is 0.272 e. The van der Waals surface area contributed by atoms with E-state index in [9.17, 15) is 20.2 Å². The third-order valence-electron chi connectivity index (χ3n) is 3.20. The average Bonchev–Trinajstić information content (AvgIpc) is 2.49. The van der Waals surface area contributed by atoms with Crippen molar-refractivity contribution in [2.75, 3.05) is 5.43 Å². The standard InChI is InChI=1S/C15H14N4O4/c1-10-3-4-12(11(2)7-10)9-16-17-14-6-5-13(18(20)21)8-15(14)19(22)23/h3-9,17H,1-2H3. The Bertz CT molecular complexity index is 802. The number of aryl methyl sites for hydroxylation is 2. The minimum absolute atomic E-state index is 0.0848. The van der Waals surface area contributed by atoms with Crippen molar-refractivity contribution in [1.82, 2.24) is 0 Å². The molecule has 0 fully saturated rings. The van der Waals surface area contributed by atoms with Crippen molar-refractivity contribution in [2.24, 2.45) is 5.10 Å². The van der Waals surface area contributed by atoms with Gasteiger partial charge in [-0.2, -0.15) is 5.10 Å². The minimum Gasteiger partial charge on any atom is -0.272 e. The fourth-order valence-corrected chi connectivity index (χ4v) is 2.02. The molecule has 0 atom stereocenters. The molecule has 0 saturated carbocycles. The monoisotopic (exact) mass is 314 g/mol. The topological polar surface area (TPSA) is 111 Å². The van der Waals surface area contributed by atoms with E-state index in [1.54, 1.807) is 6.21 Å². The van der Waals surface area contributed by atoms with Crippen LogP contribution in [0.25, 0.3) is 0 Å². The Morgan fingerprint density at radius 2 is 1.78 bits per heavy atom. The molecule has 0 aromatic heterocycles. The molecule has 0 unspecified atom stereocenters. The first-order chi connectivity index (χ1) is 10.9. The largest absolute Gasteiger partial charge is 0.301 e. The number of nitro benzene ring substituents is 2. The normalized spacial score (nSPS) is 10.7. The van der Waals surface area contributed by atoms with Crippen LogP contribution >= 0.6 is 0 Å². The molecule has 0 heterocycles. The number of hydrogen-bond acceptors (Lipinski definition) is 6. The lowest BCUT2D eigenvalue weighted by Gasteiger charge is -2.03. The summed E-state index contributed by atoms with van der Waals surface area (Å²) in [4.78, 5) is 20.3. The quantitative estimate of drug-likeness (QED) is 0.515. The second-order valence-corrected chi connectivity index (χ2v) is 4.95. The highest BCUT2D eigenvalue weighted by Gasteiger charge is 2.19. The third-order valence-corrected chi connectivity index (χ3v) is 3.20. The van der Waals surface area contributed by atoms with Crippen LogP contribution in [0.15, 0.2) is 41.5 Å². The Hall–Kier alpha value is -3.29. The molecule has 0 radical (unpaired) electrons. The molecule has 1 N–H and O–H groups in total. The second kappa shape index (κ2) is 6.65. The first-order valence-electron chi connectivity index (χ1n) is 6.67. The zero-order valence-electron chi connectivity index (χ0n) is 12.5. The molecule has 2 rings (SSSR count). The van der Waals surface area contributed by atoms with Crippen molar-refractivity contribution >= 4 is 23.3 Å². The highest BCUT2D eigenvalue weighted by molar-refractivity contribution is 5.82. The molecule has 0 aliphatic heterocycles. The van der Waals surface area contributed by atoms with E-state index in [1.165, 1.54) is 12.1 Å². The van der Waals surface area contributed by atoms with Gasteiger partial charge >= 0.3 is 5.69 Å². The highest BCUT2D eigenvalue weighted by Crippen LogP contribution is 2.28. The molecule has 118 valence electrons. The average molecular weight is 314 g/mol. The molecule has 0 saturated heterocycles. The number of hydrogen-bond donors (Lipinski definition) is 1. The van der Waals surface area contributed by atoms with Gasteiger partial charge in [0.05, 0.1) is 22.1 Å².